The molecular weight excluding hydrogens is 703 g/mol. The minimum atomic E-state index is 0.867. The highest BCUT2D eigenvalue weighted by molar-refractivity contribution is 6.17. The summed E-state index contributed by atoms with van der Waals surface area (Å²) in [5.41, 5.74) is 14.2. The highest BCUT2D eigenvalue weighted by Gasteiger charge is 2.23. The molecule has 0 atom stereocenters. The zero-order valence-electron chi connectivity index (χ0n) is 31.7. The van der Waals surface area contributed by atoms with Crippen LogP contribution >= 0.6 is 0 Å². The number of fused-ring (bicyclic) bond motifs is 5. The number of hydrogen-bond donors (Lipinski definition) is 0. The Hall–Kier alpha value is -7.68. The fraction of sp³-hybridized carbons (Fsp3) is 0. The van der Waals surface area contributed by atoms with E-state index in [9.17, 15) is 0 Å². The van der Waals surface area contributed by atoms with Gasteiger partial charge in [-0.25, -0.2) is 0 Å². The van der Waals surface area contributed by atoms with Crippen LogP contribution in [0.1, 0.15) is 0 Å². The van der Waals surface area contributed by atoms with E-state index in [2.05, 4.69) is 229 Å². The molecule has 2 nitrogen and oxygen atoms in total. The maximum Gasteiger partial charge on any atom is 0.145 e. The molecular formula is C56H37NO. The summed E-state index contributed by atoms with van der Waals surface area (Å²) in [5.74, 6) is 0. The van der Waals surface area contributed by atoms with Crippen molar-refractivity contribution >= 4 is 60.5 Å². The lowest BCUT2D eigenvalue weighted by molar-refractivity contribution is 0.670. The van der Waals surface area contributed by atoms with Gasteiger partial charge in [0.05, 0.1) is 11.1 Å². The molecule has 0 unspecified atom stereocenters. The first-order valence-corrected chi connectivity index (χ1v) is 19.8. The standard InChI is InChI=1S/C56H37NO/c1-2-11-38(12-3-1)41-21-23-42(24-22-41)43-29-31-49(32-30-43)57(50-18-10-17-46(37-50)47-27-25-39-13-4-6-15-44(39)35-47)53-34-33-51(48-28-26-40-14-5-7-16-45(40)36-48)56-55(53)52-19-8-9-20-54(52)58-56/h1-37H. The molecule has 58 heavy (non-hydrogen) atoms. The van der Waals surface area contributed by atoms with Crippen molar-refractivity contribution in [2.45, 2.75) is 0 Å². The maximum absolute atomic E-state index is 6.84. The number of rotatable bonds is 7. The van der Waals surface area contributed by atoms with Crippen molar-refractivity contribution < 1.29 is 4.42 Å². The SMILES string of the molecule is c1ccc(-c2ccc(-c3ccc(N(c4cccc(-c5ccc6ccccc6c5)c4)c4ccc(-c5ccc6ccccc6c5)c5oc6ccccc6c45)cc3)cc2)cc1. The van der Waals surface area contributed by atoms with Crippen LogP contribution in [0.25, 0.3) is 88.0 Å². The van der Waals surface area contributed by atoms with E-state index in [4.69, 9.17) is 4.42 Å². The first-order valence-electron chi connectivity index (χ1n) is 19.8. The quantitative estimate of drug-likeness (QED) is 0.162. The molecule has 0 radical (unpaired) electrons. The van der Waals surface area contributed by atoms with Crippen LogP contribution in [0.5, 0.6) is 0 Å². The first-order chi connectivity index (χ1) is 28.7. The summed E-state index contributed by atoms with van der Waals surface area (Å²) < 4.78 is 6.84. The van der Waals surface area contributed by atoms with Crippen LogP contribution in [-0.4, -0.2) is 0 Å². The van der Waals surface area contributed by atoms with E-state index in [1.165, 1.54) is 49.4 Å². The minimum Gasteiger partial charge on any atom is -0.455 e. The third-order valence-electron chi connectivity index (χ3n) is 11.4. The van der Waals surface area contributed by atoms with Crippen molar-refractivity contribution in [3.8, 4) is 44.5 Å². The van der Waals surface area contributed by atoms with Crippen LogP contribution in [-0.2, 0) is 0 Å². The summed E-state index contributed by atoms with van der Waals surface area (Å²) in [6.07, 6.45) is 0. The third-order valence-corrected chi connectivity index (χ3v) is 11.4. The summed E-state index contributed by atoms with van der Waals surface area (Å²) in [5, 5.41) is 7.05. The molecule has 1 heterocycles. The zero-order chi connectivity index (χ0) is 38.4. The van der Waals surface area contributed by atoms with Gasteiger partial charge in [0.25, 0.3) is 0 Å². The largest absolute Gasteiger partial charge is 0.455 e. The molecule has 10 aromatic carbocycles. The lowest BCUT2D eigenvalue weighted by atomic mass is 9.97. The maximum atomic E-state index is 6.84. The normalized spacial score (nSPS) is 11.4. The van der Waals surface area contributed by atoms with Gasteiger partial charge in [-0.1, -0.05) is 170 Å². The second kappa shape index (κ2) is 14.1. The average Bonchev–Trinajstić information content (AvgIpc) is 3.70. The fourth-order valence-electron chi connectivity index (χ4n) is 8.49. The number of anilines is 3. The van der Waals surface area contributed by atoms with Crippen molar-refractivity contribution in [2.75, 3.05) is 4.90 Å². The zero-order valence-corrected chi connectivity index (χ0v) is 31.7. The van der Waals surface area contributed by atoms with Gasteiger partial charge in [-0.15, -0.1) is 0 Å². The van der Waals surface area contributed by atoms with Crippen LogP contribution in [0.3, 0.4) is 0 Å². The van der Waals surface area contributed by atoms with E-state index < -0.39 is 0 Å². The second-order valence-electron chi connectivity index (χ2n) is 14.9. The molecule has 0 saturated heterocycles. The lowest BCUT2D eigenvalue weighted by Crippen LogP contribution is -2.10. The van der Waals surface area contributed by atoms with E-state index in [1.807, 2.05) is 0 Å². The summed E-state index contributed by atoms with van der Waals surface area (Å²) in [6, 6.07) is 80.7. The third kappa shape index (κ3) is 6.00. The number of para-hydroxylation sites is 1. The molecule has 11 aromatic rings. The van der Waals surface area contributed by atoms with Gasteiger partial charge in [0.15, 0.2) is 0 Å². The molecule has 0 N–H and O–H groups in total. The molecule has 0 fully saturated rings. The second-order valence-corrected chi connectivity index (χ2v) is 14.9. The number of hydrogen-bond acceptors (Lipinski definition) is 2. The Morgan fingerprint density at radius 1 is 0.310 bits per heavy atom. The van der Waals surface area contributed by atoms with E-state index in [-0.39, 0.29) is 0 Å². The Morgan fingerprint density at radius 3 is 1.53 bits per heavy atom. The van der Waals surface area contributed by atoms with Crippen LogP contribution in [0.4, 0.5) is 17.1 Å². The van der Waals surface area contributed by atoms with Gasteiger partial charge in [0.2, 0.25) is 0 Å². The monoisotopic (exact) mass is 739 g/mol. The van der Waals surface area contributed by atoms with Gasteiger partial charge in [-0.3, -0.25) is 0 Å². The van der Waals surface area contributed by atoms with Gasteiger partial charge in [0.1, 0.15) is 11.2 Å². The fourth-order valence-corrected chi connectivity index (χ4v) is 8.49. The molecule has 0 saturated carbocycles. The van der Waals surface area contributed by atoms with E-state index in [0.29, 0.717) is 0 Å². The molecule has 0 bridgehead atoms. The Morgan fingerprint density at radius 2 is 0.828 bits per heavy atom. The van der Waals surface area contributed by atoms with Crippen LogP contribution in [0.15, 0.2) is 229 Å². The van der Waals surface area contributed by atoms with Crippen molar-refractivity contribution in [3.05, 3.63) is 224 Å². The smallest absolute Gasteiger partial charge is 0.145 e. The highest BCUT2D eigenvalue weighted by atomic mass is 16.3. The number of furan rings is 1. The molecule has 0 aliphatic carbocycles. The Bertz CT molecular complexity index is 3270. The molecule has 0 spiro atoms. The molecule has 272 valence electrons. The van der Waals surface area contributed by atoms with Gasteiger partial charge < -0.3 is 9.32 Å². The summed E-state index contributed by atoms with van der Waals surface area (Å²) >= 11 is 0. The minimum absolute atomic E-state index is 0.867. The van der Waals surface area contributed by atoms with Crippen LogP contribution in [0, 0.1) is 0 Å². The summed E-state index contributed by atoms with van der Waals surface area (Å²) in [7, 11) is 0. The molecule has 1 aromatic heterocycles. The number of nitrogens with zero attached hydrogens (tertiary/aromatic N) is 1. The highest BCUT2D eigenvalue weighted by Crippen LogP contribution is 2.47. The van der Waals surface area contributed by atoms with Crippen molar-refractivity contribution in [2.24, 2.45) is 0 Å². The van der Waals surface area contributed by atoms with Crippen molar-refractivity contribution in [1.82, 2.24) is 0 Å². The van der Waals surface area contributed by atoms with Crippen molar-refractivity contribution in [3.63, 3.8) is 0 Å². The molecule has 11 rings (SSSR count). The molecule has 2 heteroatoms. The van der Waals surface area contributed by atoms with E-state index in [0.717, 1.165) is 55.7 Å². The molecule has 0 aliphatic heterocycles. The lowest BCUT2D eigenvalue weighted by Gasteiger charge is -2.27. The Balaban J connectivity index is 1.08. The summed E-state index contributed by atoms with van der Waals surface area (Å²) in [4.78, 5) is 2.39. The number of benzene rings is 10. The van der Waals surface area contributed by atoms with E-state index in [1.54, 1.807) is 0 Å². The van der Waals surface area contributed by atoms with Gasteiger partial charge in [-0.2, -0.15) is 0 Å². The van der Waals surface area contributed by atoms with Crippen LogP contribution < -0.4 is 4.90 Å². The summed E-state index contributed by atoms with van der Waals surface area (Å²) in [6.45, 7) is 0. The van der Waals surface area contributed by atoms with Crippen LogP contribution in [0.2, 0.25) is 0 Å². The predicted octanol–water partition coefficient (Wildman–Crippen LogP) is 16.0. The predicted molar refractivity (Wildman–Crippen MR) is 245 cm³/mol. The van der Waals surface area contributed by atoms with Gasteiger partial charge >= 0.3 is 0 Å². The van der Waals surface area contributed by atoms with Gasteiger partial charge in [0, 0.05) is 22.3 Å². The first kappa shape index (κ1) is 33.6. The van der Waals surface area contributed by atoms with Crippen molar-refractivity contribution in [1.29, 1.82) is 0 Å². The van der Waals surface area contributed by atoms with Gasteiger partial charge in [-0.05, 0) is 115 Å². The Kier molecular flexibility index (Phi) is 8.19. The molecule has 0 aliphatic rings. The molecule has 0 amide bonds. The van der Waals surface area contributed by atoms with E-state index >= 15 is 0 Å². The average molecular weight is 740 g/mol. The topological polar surface area (TPSA) is 16.4 Å². The Labute approximate surface area is 337 Å².